The number of hydrogen-bond donors (Lipinski definition) is 2. The predicted octanol–water partition coefficient (Wildman–Crippen LogP) is 2.00. The number of para-hydroxylation sites is 1. The molecule has 0 radical (unpaired) electrons. The number of carboxylic acids is 1. The number of amides is 1. The van der Waals surface area contributed by atoms with Crippen molar-refractivity contribution >= 4 is 11.9 Å². The lowest BCUT2D eigenvalue weighted by Crippen LogP contribution is -2.42. The molecule has 0 spiro atoms. The highest BCUT2D eigenvalue weighted by Gasteiger charge is 2.37. The summed E-state index contributed by atoms with van der Waals surface area (Å²) in [4.78, 5) is 23.0. The van der Waals surface area contributed by atoms with Gasteiger partial charge >= 0.3 is 5.97 Å². The van der Waals surface area contributed by atoms with Crippen LogP contribution in [0.1, 0.15) is 31.7 Å². The van der Waals surface area contributed by atoms with E-state index < -0.39 is 12.0 Å². The lowest BCUT2D eigenvalue weighted by atomic mass is 10.1. The van der Waals surface area contributed by atoms with Crippen LogP contribution in [0.25, 0.3) is 0 Å². The normalized spacial score (nSPS) is 15.3. The number of carbonyl (C=O) groups is 2. The first-order valence-electron chi connectivity index (χ1n) is 7.34. The average Bonchev–Trinajstić information content (AvgIpc) is 3.28. The van der Waals surface area contributed by atoms with E-state index >= 15 is 0 Å². The summed E-state index contributed by atoms with van der Waals surface area (Å²) in [6.07, 6.45) is 2.56. The Morgan fingerprint density at radius 1 is 1.38 bits per heavy atom. The van der Waals surface area contributed by atoms with E-state index in [4.69, 9.17) is 9.84 Å². The molecule has 5 nitrogen and oxygen atoms in total. The Kier molecular flexibility index (Phi) is 5.20. The fourth-order valence-electron chi connectivity index (χ4n) is 2.31. The van der Waals surface area contributed by atoms with Crippen molar-refractivity contribution in [3.8, 4) is 5.75 Å². The van der Waals surface area contributed by atoms with Gasteiger partial charge in [-0.05, 0) is 43.7 Å². The molecule has 1 aromatic rings. The Morgan fingerprint density at radius 2 is 2.10 bits per heavy atom. The van der Waals surface area contributed by atoms with Gasteiger partial charge in [0.1, 0.15) is 11.8 Å². The van der Waals surface area contributed by atoms with Crippen LogP contribution in [-0.4, -0.2) is 29.6 Å². The third kappa shape index (κ3) is 4.48. The van der Waals surface area contributed by atoms with E-state index in [0.29, 0.717) is 13.0 Å². The molecule has 1 aliphatic rings. The number of hydrogen-bond acceptors (Lipinski definition) is 3. The summed E-state index contributed by atoms with van der Waals surface area (Å²) in [7, 11) is 0. The zero-order chi connectivity index (χ0) is 15.2. The van der Waals surface area contributed by atoms with E-state index in [1.165, 1.54) is 0 Å². The monoisotopic (exact) mass is 291 g/mol. The second-order valence-electron chi connectivity index (χ2n) is 5.26. The van der Waals surface area contributed by atoms with Crippen molar-refractivity contribution < 1.29 is 19.4 Å². The summed E-state index contributed by atoms with van der Waals surface area (Å²) in [6, 6.07) is 6.86. The standard InChI is InChI=1S/C16H21NO4/c1-2-21-13-6-4-3-5-11(13)9-10-14(18)17-15(16(19)20)12-7-8-12/h3-6,12,15H,2,7-10H2,1H3,(H,17,18)(H,19,20). The minimum atomic E-state index is -0.944. The van der Waals surface area contributed by atoms with E-state index in [9.17, 15) is 9.59 Å². The summed E-state index contributed by atoms with van der Waals surface area (Å²) < 4.78 is 5.51. The molecular formula is C16H21NO4. The van der Waals surface area contributed by atoms with Crippen LogP contribution in [0.3, 0.4) is 0 Å². The molecule has 114 valence electrons. The number of nitrogens with one attached hydrogen (secondary N) is 1. The van der Waals surface area contributed by atoms with Crippen molar-refractivity contribution in [1.82, 2.24) is 5.32 Å². The van der Waals surface area contributed by atoms with E-state index in [-0.39, 0.29) is 18.2 Å². The van der Waals surface area contributed by atoms with Gasteiger partial charge in [-0.1, -0.05) is 18.2 Å². The molecule has 0 heterocycles. The third-order valence-corrected chi connectivity index (χ3v) is 3.57. The Balaban J connectivity index is 1.87. The van der Waals surface area contributed by atoms with Gasteiger partial charge in [0.25, 0.3) is 0 Å². The zero-order valence-electron chi connectivity index (χ0n) is 12.2. The number of aliphatic carboxylic acids is 1. The lowest BCUT2D eigenvalue weighted by molar-refractivity contribution is -0.142. The first-order valence-corrected chi connectivity index (χ1v) is 7.34. The molecule has 0 saturated heterocycles. The molecule has 1 amide bonds. The van der Waals surface area contributed by atoms with E-state index in [2.05, 4.69) is 5.32 Å². The van der Waals surface area contributed by atoms with E-state index in [0.717, 1.165) is 24.2 Å². The molecule has 1 aliphatic carbocycles. The van der Waals surface area contributed by atoms with Crippen LogP contribution in [0.4, 0.5) is 0 Å². The van der Waals surface area contributed by atoms with Gasteiger partial charge < -0.3 is 15.2 Å². The van der Waals surface area contributed by atoms with E-state index in [1.807, 2.05) is 31.2 Å². The predicted molar refractivity (Wildman–Crippen MR) is 78.2 cm³/mol. The highest BCUT2D eigenvalue weighted by atomic mass is 16.5. The summed E-state index contributed by atoms with van der Waals surface area (Å²) in [5, 5.41) is 11.7. The molecule has 1 atom stereocenters. The minimum absolute atomic E-state index is 0.0992. The second-order valence-corrected chi connectivity index (χ2v) is 5.26. The summed E-state index contributed by atoms with van der Waals surface area (Å²) in [5.74, 6) is -0.284. The summed E-state index contributed by atoms with van der Waals surface area (Å²) in [6.45, 7) is 2.49. The molecule has 0 bridgehead atoms. The smallest absolute Gasteiger partial charge is 0.326 e. The number of carbonyl (C=O) groups excluding carboxylic acids is 1. The van der Waals surface area contributed by atoms with Crippen LogP contribution in [0, 0.1) is 5.92 Å². The quantitative estimate of drug-likeness (QED) is 0.768. The molecule has 2 rings (SSSR count). The van der Waals surface area contributed by atoms with Gasteiger partial charge in [-0.15, -0.1) is 0 Å². The van der Waals surface area contributed by atoms with Gasteiger partial charge in [0.05, 0.1) is 6.61 Å². The second kappa shape index (κ2) is 7.11. The molecule has 1 unspecified atom stereocenters. The van der Waals surface area contributed by atoms with E-state index in [1.54, 1.807) is 0 Å². The van der Waals surface area contributed by atoms with Crippen LogP contribution in [0.15, 0.2) is 24.3 Å². The molecule has 1 aromatic carbocycles. The molecule has 21 heavy (non-hydrogen) atoms. The first kappa shape index (κ1) is 15.4. The Labute approximate surface area is 124 Å². The number of aryl methyl sites for hydroxylation is 1. The molecule has 1 fully saturated rings. The van der Waals surface area contributed by atoms with Gasteiger partial charge in [-0.2, -0.15) is 0 Å². The molecule has 1 saturated carbocycles. The van der Waals surface area contributed by atoms with Crippen molar-refractivity contribution in [2.24, 2.45) is 5.92 Å². The van der Waals surface area contributed by atoms with Crippen LogP contribution >= 0.6 is 0 Å². The van der Waals surface area contributed by atoms with Gasteiger partial charge in [-0.25, -0.2) is 4.79 Å². The molecule has 5 heteroatoms. The van der Waals surface area contributed by atoms with Crippen LogP contribution in [0.2, 0.25) is 0 Å². The number of ether oxygens (including phenoxy) is 1. The van der Waals surface area contributed by atoms with Gasteiger partial charge in [0.15, 0.2) is 0 Å². The summed E-state index contributed by atoms with van der Waals surface area (Å²) in [5.41, 5.74) is 0.966. The van der Waals surface area contributed by atoms with Crippen LogP contribution in [0.5, 0.6) is 5.75 Å². The Bertz CT molecular complexity index is 511. The van der Waals surface area contributed by atoms with Gasteiger partial charge in [-0.3, -0.25) is 4.79 Å². The first-order chi connectivity index (χ1) is 10.1. The topological polar surface area (TPSA) is 75.6 Å². The maximum Gasteiger partial charge on any atom is 0.326 e. The van der Waals surface area contributed by atoms with Crippen molar-refractivity contribution in [3.63, 3.8) is 0 Å². The van der Waals surface area contributed by atoms with Crippen LogP contribution < -0.4 is 10.1 Å². The van der Waals surface area contributed by atoms with Crippen molar-refractivity contribution in [2.75, 3.05) is 6.61 Å². The largest absolute Gasteiger partial charge is 0.494 e. The van der Waals surface area contributed by atoms with Gasteiger partial charge in [0.2, 0.25) is 5.91 Å². The maximum absolute atomic E-state index is 11.9. The fraction of sp³-hybridized carbons (Fsp3) is 0.500. The number of rotatable bonds is 8. The molecule has 2 N–H and O–H groups in total. The molecule has 0 aromatic heterocycles. The molecular weight excluding hydrogens is 270 g/mol. The summed E-state index contributed by atoms with van der Waals surface area (Å²) >= 11 is 0. The van der Waals surface area contributed by atoms with Gasteiger partial charge in [0, 0.05) is 6.42 Å². The Hall–Kier alpha value is -2.04. The minimum Gasteiger partial charge on any atom is -0.494 e. The highest BCUT2D eigenvalue weighted by molar-refractivity contribution is 5.84. The molecule has 0 aliphatic heterocycles. The van der Waals surface area contributed by atoms with Crippen LogP contribution in [-0.2, 0) is 16.0 Å². The third-order valence-electron chi connectivity index (χ3n) is 3.57. The SMILES string of the molecule is CCOc1ccccc1CCC(=O)NC(C(=O)O)C1CC1. The highest BCUT2D eigenvalue weighted by Crippen LogP contribution is 2.32. The lowest BCUT2D eigenvalue weighted by Gasteiger charge is -2.14. The number of carboxylic acid groups (broad SMARTS) is 1. The van der Waals surface area contributed by atoms with Crippen molar-refractivity contribution in [1.29, 1.82) is 0 Å². The average molecular weight is 291 g/mol. The fourth-order valence-corrected chi connectivity index (χ4v) is 2.31. The van der Waals surface area contributed by atoms with Crippen molar-refractivity contribution in [2.45, 2.75) is 38.6 Å². The number of benzene rings is 1. The van der Waals surface area contributed by atoms with Crippen molar-refractivity contribution in [3.05, 3.63) is 29.8 Å². The maximum atomic E-state index is 11.9. The Morgan fingerprint density at radius 3 is 2.71 bits per heavy atom. The zero-order valence-corrected chi connectivity index (χ0v) is 12.2.